The number of hydrogen-bond donors (Lipinski definition) is 4. The third-order valence-corrected chi connectivity index (χ3v) is 7.79. The molecule has 14 heteroatoms. The number of halogens is 5. The van der Waals surface area contributed by atoms with Gasteiger partial charge in [-0.15, -0.1) is 0 Å². The predicted octanol–water partition coefficient (Wildman–Crippen LogP) is 5.37. The summed E-state index contributed by atoms with van der Waals surface area (Å²) in [7, 11) is 0. The van der Waals surface area contributed by atoms with Crippen molar-refractivity contribution in [2.45, 2.75) is 44.8 Å². The Hall–Kier alpha value is -3.97. The molecule has 0 unspecified atom stereocenters. The standard InChI is InChI=1S/C27H26ClF4N7O2/c1-3-26(33,4-2)11-39-8-7-17-20(25(39)41)21(27(30,31)32)18(37-17)10-14-19-22(34-12-35-23(19)38-24(14)40)36-13-5-6-16(29)15(28)9-13/h5-6,9-10,12,37H,3-4,7-8,11,33H2,1-2H3,(H2,34,35,36,38,40). The van der Waals surface area contributed by atoms with E-state index >= 15 is 0 Å². The number of anilines is 3. The molecule has 5 rings (SSSR count). The molecule has 2 amide bonds. The van der Waals surface area contributed by atoms with E-state index in [0.717, 1.165) is 18.5 Å². The Morgan fingerprint density at radius 1 is 1.17 bits per heavy atom. The van der Waals surface area contributed by atoms with Gasteiger partial charge in [0.05, 0.1) is 33.0 Å². The average Bonchev–Trinajstić information content (AvgIpc) is 3.46. The molecule has 0 saturated heterocycles. The van der Waals surface area contributed by atoms with Gasteiger partial charge < -0.3 is 26.3 Å². The van der Waals surface area contributed by atoms with Gasteiger partial charge in [0.25, 0.3) is 11.8 Å². The molecule has 2 aliphatic heterocycles. The van der Waals surface area contributed by atoms with Crippen LogP contribution in [0.1, 0.15) is 59.6 Å². The number of aromatic amines is 1. The van der Waals surface area contributed by atoms with E-state index in [0.29, 0.717) is 18.5 Å². The Bertz CT molecular complexity index is 1580. The first kappa shape index (κ1) is 28.6. The summed E-state index contributed by atoms with van der Waals surface area (Å²) in [5.74, 6) is -1.99. The molecule has 41 heavy (non-hydrogen) atoms. The lowest BCUT2D eigenvalue weighted by atomic mass is 9.91. The Morgan fingerprint density at radius 3 is 2.56 bits per heavy atom. The Balaban J connectivity index is 1.59. The summed E-state index contributed by atoms with van der Waals surface area (Å²) < 4.78 is 57.2. The van der Waals surface area contributed by atoms with Crippen LogP contribution in [0.4, 0.5) is 34.9 Å². The fraction of sp³-hybridized carbons (Fsp3) is 0.333. The van der Waals surface area contributed by atoms with Crippen LogP contribution in [0.25, 0.3) is 11.6 Å². The molecule has 1 aromatic carbocycles. The average molecular weight is 592 g/mol. The second-order valence-electron chi connectivity index (χ2n) is 10.0. The van der Waals surface area contributed by atoms with Crippen LogP contribution >= 0.6 is 11.6 Å². The van der Waals surface area contributed by atoms with Gasteiger partial charge in [0.1, 0.15) is 23.8 Å². The molecule has 2 aliphatic rings. The van der Waals surface area contributed by atoms with Crippen LogP contribution in [-0.4, -0.2) is 50.3 Å². The third-order valence-electron chi connectivity index (χ3n) is 7.50. The minimum Gasteiger partial charge on any atom is -0.358 e. The fourth-order valence-corrected chi connectivity index (χ4v) is 5.20. The van der Waals surface area contributed by atoms with Gasteiger partial charge in [-0.2, -0.15) is 13.2 Å². The van der Waals surface area contributed by atoms with E-state index in [1.165, 1.54) is 17.0 Å². The van der Waals surface area contributed by atoms with Gasteiger partial charge in [-0.25, -0.2) is 14.4 Å². The molecule has 0 saturated carbocycles. The minimum absolute atomic E-state index is 0.0671. The van der Waals surface area contributed by atoms with Gasteiger partial charge in [0.2, 0.25) is 0 Å². The van der Waals surface area contributed by atoms with Crippen molar-refractivity contribution in [3.63, 3.8) is 0 Å². The summed E-state index contributed by atoms with van der Waals surface area (Å²) >= 11 is 5.87. The lowest BCUT2D eigenvalue weighted by Gasteiger charge is -2.36. The first-order valence-electron chi connectivity index (χ1n) is 12.9. The smallest absolute Gasteiger partial charge is 0.358 e. The summed E-state index contributed by atoms with van der Waals surface area (Å²) in [6.45, 7) is 4.05. The van der Waals surface area contributed by atoms with Crippen molar-refractivity contribution < 1.29 is 27.2 Å². The van der Waals surface area contributed by atoms with E-state index in [-0.39, 0.29) is 53.0 Å². The molecule has 0 radical (unpaired) electrons. The van der Waals surface area contributed by atoms with Crippen molar-refractivity contribution in [1.29, 1.82) is 0 Å². The van der Waals surface area contributed by atoms with Crippen molar-refractivity contribution in [3.8, 4) is 0 Å². The lowest BCUT2D eigenvalue weighted by molar-refractivity contribution is -0.138. The monoisotopic (exact) mass is 591 g/mol. The van der Waals surface area contributed by atoms with Crippen LogP contribution in [0.3, 0.4) is 0 Å². The van der Waals surface area contributed by atoms with Gasteiger partial charge >= 0.3 is 6.18 Å². The molecule has 0 bridgehead atoms. The number of aromatic nitrogens is 3. The zero-order chi connectivity index (χ0) is 29.7. The zero-order valence-corrected chi connectivity index (χ0v) is 22.8. The molecule has 5 N–H and O–H groups in total. The number of carbonyl (C=O) groups excluding carboxylic acids is 2. The van der Waals surface area contributed by atoms with Crippen LogP contribution in [0.5, 0.6) is 0 Å². The van der Waals surface area contributed by atoms with E-state index in [1.807, 2.05) is 13.8 Å². The molecule has 0 atom stereocenters. The van der Waals surface area contributed by atoms with E-state index in [1.54, 1.807) is 0 Å². The summed E-state index contributed by atoms with van der Waals surface area (Å²) in [5, 5.41) is 5.26. The topological polar surface area (TPSA) is 129 Å². The van der Waals surface area contributed by atoms with Crippen LogP contribution in [-0.2, 0) is 17.4 Å². The number of fused-ring (bicyclic) bond motifs is 2. The van der Waals surface area contributed by atoms with Crippen LogP contribution < -0.4 is 16.4 Å². The highest BCUT2D eigenvalue weighted by Crippen LogP contribution is 2.42. The predicted molar refractivity (Wildman–Crippen MR) is 146 cm³/mol. The van der Waals surface area contributed by atoms with Crippen LogP contribution in [0.2, 0.25) is 5.02 Å². The molecule has 0 spiro atoms. The van der Waals surface area contributed by atoms with Gasteiger partial charge in [-0.05, 0) is 37.1 Å². The van der Waals surface area contributed by atoms with Crippen molar-refractivity contribution in [3.05, 3.63) is 63.4 Å². The van der Waals surface area contributed by atoms with E-state index in [9.17, 15) is 27.2 Å². The van der Waals surface area contributed by atoms with Crippen molar-refractivity contribution in [1.82, 2.24) is 19.9 Å². The highest BCUT2D eigenvalue weighted by molar-refractivity contribution is 6.35. The molecular weight excluding hydrogens is 566 g/mol. The quantitative estimate of drug-likeness (QED) is 0.216. The lowest BCUT2D eigenvalue weighted by Crippen LogP contribution is -2.53. The zero-order valence-electron chi connectivity index (χ0n) is 22.0. The van der Waals surface area contributed by atoms with Gasteiger partial charge in [-0.1, -0.05) is 25.4 Å². The number of nitrogens with two attached hydrogens (primary N) is 1. The summed E-state index contributed by atoms with van der Waals surface area (Å²) in [4.78, 5) is 38.6. The number of rotatable bonds is 7. The summed E-state index contributed by atoms with van der Waals surface area (Å²) in [5.41, 5.74) is 3.95. The van der Waals surface area contributed by atoms with Gasteiger partial charge in [0, 0.05) is 36.4 Å². The molecule has 9 nitrogen and oxygen atoms in total. The number of alkyl halides is 3. The first-order valence-corrected chi connectivity index (χ1v) is 13.2. The Morgan fingerprint density at radius 2 is 1.90 bits per heavy atom. The number of amides is 2. The van der Waals surface area contributed by atoms with E-state index in [2.05, 4.69) is 25.6 Å². The number of nitrogens with zero attached hydrogens (tertiary/aromatic N) is 3. The van der Waals surface area contributed by atoms with E-state index in [4.69, 9.17) is 17.3 Å². The summed E-state index contributed by atoms with van der Waals surface area (Å²) in [6, 6.07) is 3.81. The fourth-order valence-electron chi connectivity index (χ4n) is 5.02. The maximum Gasteiger partial charge on any atom is 0.419 e. The molecule has 0 fully saturated rings. The van der Waals surface area contributed by atoms with Gasteiger partial charge in [0.15, 0.2) is 0 Å². The maximum absolute atomic E-state index is 14.5. The third kappa shape index (κ3) is 5.26. The normalized spacial score (nSPS) is 16.2. The second-order valence-corrected chi connectivity index (χ2v) is 10.4. The van der Waals surface area contributed by atoms with Gasteiger partial charge in [-0.3, -0.25) is 9.59 Å². The Kier molecular flexibility index (Phi) is 7.28. The van der Waals surface area contributed by atoms with Crippen molar-refractivity contribution in [2.24, 2.45) is 5.73 Å². The number of benzene rings is 1. The number of H-pyrrole nitrogens is 1. The van der Waals surface area contributed by atoms with Crippen molar-refractivity contribution in [2.75, 3.05) is 23.7 Å². The molecular formula is C27H26ClF4N7O2. The largest absolute Gasteiger partial charge is 0.419 e. The molecule has 2 aromatic heterocycles. The summed E-state index contributed by atoms with van der Waals surface area (Å²) in [6.07, 6.45) is -1.47. The molecule has 3 aromatic rings. The second kappa shape index (κ2) is 10.5. The molecule has 216 valence electrons. The number of carbonyl (C=O) groups is 2. The van der Waals surface area contributed by atoms with E-state index < -0.39 is 46.2 Å². The first-order chi connectivity index (χ1) is 19.3. The highest BCUT2D eigenvalue weighted by Gasteiger charge is 2.44. The SMILES string of the molecule is CCC(N)(CC)CN1CCc2[nH]c(C=C3C(=O)Nc4ncnc(Nc5ccc(F)c(Cl)c5)c43)c(C(F)(F)F)c2C1=O. The van der Waals surface area contributed by atoms with Crippen LogP contribution in [0.15, 0.2) is 24.5 Å². The molecule has 0 aliphatic carbocycles. The number of nitrogens with one attached hydrogen (secondary N) is 3. The number of hydrogen-bond acceptors (Lipinski definition) is 6. The van der Waals surface area contributed by atoms with Crippen LogP contribution in [0, 0.1) is 5.82 Å². The molecule has 4 heterocycles. The minimum atomic E-state index is -4.92. The highest BCUT2D eigenvalue weighted by atomic mass is 35.5. The Labute approximate surface area is 237 Å². The maximum atomic E-state index is 14.5. The van der Waals surface area contributed by atoms with Crippen molar-refractivity contribution >= 4 is 52.4 Å².